The third-order valence-electron chi connectivity index (χ3n) is 4.19. The van der Waals surface area contributed by atoms with E-state index in [9.17, 15) is 9.59 Å². The maximum Gasteiger partial charge on any atom is 0.249 e. The van der Waals surface area contributed by atoms with E-state index in [4.69, 9.17) is 0 Å². The fraction of sp³-hybridized carbons (Fsp3) is 0.263. The molecule has 2 aromatic rings. The summed E-state index contributed by atoms with van der Waals surface area (Å²) in [7, 11) is 3.45. The van der Waals surface area contributed by atoms with Crippen LogP contribution in [0.3, 0.4) is 0 Å². The lowest BCUT2D eigenvalue weighted by molar-refractivity contribution is -0.146. The summed E-state index contributed by atoms with van der Waals surface area (Å²) in [5, 5.41) is 0. The summed E-state index contributed by atoms with van der Waals surface area (Å²) < 4.78 is 0. The lowest BCUT2D eigenvalue weighted by Gasteiger charge is -2.37. The molecule has 0 fully saturated rings. The van der Waals surface area contributed by atoms with Crippen LogP contribution in [0.1, 0.15) is 22.7 Å². The number of carbonyl (C=O) groups is 2. The van der Waals surface area contributed by atoms with Gasteiger partial charge in [-0.25, -0.2) is 0 Å². The Bertz CT molecular complexity index is 725. The second-order valence-corrected chi connectivity index (χ2v) is 6.02. The van der Waals surface area contributed by atoms with E-state index in [1.807, 2.05) is 54.6 Å². The normalized spacial score (nSPS) is 16.9. The lowest BCUT2D eigenvalue weighted by atomic mass is 9.91. The zero-order chi connectivity index (χ0) is 16.4. The van der Waals surface area contributed by atoms with Crippen molar-refractivity contribution in [2.45, 2.75) is 19.0 Å². The molecule has 3 rings (SSSR count). The van der Waals surface area contributed by atoms with Crippen LogP contribution in [0.2, 0.25) is 0 Å². The molecule has 1 unspecified atom stereocenters. The first-order chi connectivity index (χ1) is 11.1. The Morgan fingerprint density at radius 1 is 1.09 bits per heavy atom. The molecule has 4 nitrogen and oxygen atoms in total. The quantitative estimate of drug-likeness (QED) is 0.873. The highest BCUT2D eigenvalue weighted by Crippen LogP contribution is 2.32. The molecule has 0 saturated carbocycles. The van der Waals surface area contributed by atoms with Crippen LogP contribution in [0.15, 0.2) is 54.6 Å². The van der Waals surface area contributed by atoms with Gasteiger partial charge >= 0.3 is 0 Å². The van der Waals surface area contributed by atoms with E-state index >= 15 is 0 Å². The maximum atomic E-state index is 12.7. The first-order valence-electron chi connectivity index (χ1n) is 7.70. The SMILES string of the molecule is CN(C)C(=O)C1c2ccccc2CC(=O)N1Cc1ccccc1. The molecule has 2 amide bonds. The molecule has 1 atom stereocenters. The van der Waals surface area contributed by atoms with Gasteiger partial charge in [0.1, 0.15) is 6.04 Å². The number of fused-ring (bicyclic) bond motifs is 1. The molecule has 0 N–H and O–H groups in total. The molecule has 1 heterocycles. The maximum absolute atomic E-state index is 12.7. The van der Waals surface area contributed by atoms with E-state index in [-0.39, 0.29) is 11.8 Å². The monoisotopic (exact) mass is 308 g/mol. The number of rotatable bonds is 3. The Hall–Kier alpha value is -2.62. The standard InChI is InChI=1S/C19H20N2O2/c1-20(2)19(23)18-16-11-7-6-10-15(16)12-17(22)21(18)13-14-8-4-3-5-9-14/h3-11,18H,12-13H2,1-2H3. The summed E-state index contributed by atoms with van der Waals surface area (Å²) in [4.78, 5) is 28.6. The molecule has 0 bridgehead atoms. The van der Waals surface area contributed by atoms with Crippen molar-refractivity contribution in [3.63, 3.8) is 0 Å². The summed E-state index contributed by atoms with van der Waals surface area (Å²) in [5.74, 6) is -0.0748. The van der Waals surface area contributed by atoms with Gasteiger partial charge in [0, 0.05) is 20.6 Å². The minimum atomic E-state index is -0.553. The first-order valence-corrected chi connectivity index (χ1v) is 7.70. The van der Waals surface area contributed by atoms with E-state index in [0.29, 0.717) is 13.0 Å². The number of hydrogen-bond acceptors (Lipinski definition) is 2. The summed E-state index contributed by atoms with van der Waals surface area (Å²) in [6.45, 7) is 0.443. The van der Waals surface area contributed by atoms with Crippen molar-refractivity contribution in [2.24, 2.45) is 0 Å². The predicted octanol–water partition coefficient (Wildman–Crippen LogP) is 2.40. The van der Waals surface area contributed by atoms with E-state index < -0.39 is 6.04 Å². The van der Waals surface area contributed by atoms with Crippen molar-refractivity contribution in [3.05, 3.63) is 71.3 Å². The second-order valence-electron chi connectivity index (χ2n) is 6.02. The van der Waals surface area contributed by atoms with Gasteiger partial charge in [0.05, 0.1) is 6.42 Å². The molecule has 118 valence electrons. The molecule has 4 heteroatoms. The summed E-state index contributed by atoms with van der Waals surface area (Å²) >= 11 is 0. The number of benzene rings is 2. The molecular weight excluding hydrogens is 288 g/mol. The molecule has 1 aliphatic heterocycles. The molecule has 0 saturated heterocycles. The zero-order valence-corrected chi connectivity index (χ0v) is 13.4. The smallest absolute Gasteiger partial charge is 0.249 e. The third-order valence-corrected chi connectivity index (χ3v) is 4.19. The van der Waals surface area contributed by atoms with Crippen molar-refractivity contribution in [3.8, 4) is 0 Å². The largest absolute Gasteiger partial charge is 0.347 e. The number of likely N-dealkylation sites (N-methyl/N-ethyl adjacent to an activating group) is 1. The topological polar surface area (TPSA) is 40.6 Å². The van der Waals surface area contributed by atoms with Crippen LogP contribution in [-0.4, -0.2) is 35.7 Å². The zero-order valence-electron chi connectivity index (χ0n) is 13.4. The van der Waals surface area contributed by atoms with E-state index in [0.717, 1.165) is 16.7 Å². The average Bonchev–Trinajstić information content (AvgIpc) is 2.56. The van der Waals surface area contributed by atoms with E-state index in [1.165, 1.54) is 0 Å². The highest BCUT2D eigenvalue weighted by molar-refractivity contribution is 5.92. The van der Waals surface area contributed by atoms with Crippen LogP contribution in [0, 0.1) is 0 Å². The fourth-order valence-electron chi connectivity index (χ4n) is 3.01. The van der Waals surface area contributed by atoms with Gasteiger partial charge in [0.25, 0.3) is 0 Å². The van der Waals surface area contributed by atoms with Crippen molar-refractivity contribution < 1.29 is 9.59 Å². The molecule has 0 aromatic heterocycles. The Balaban J connectivity index is 2.02. The van der Waals surface area contributed by atoms with Gasteiger partial charge in [-0.3, -0.25) is 9.59 Å². The van der Waals surface area contributed by atoms with E-state index in [1.54, 1.807) is 23.9 Å². The minimum Gasteiger partial charge on any atom is -0.347 e. The average molecular weight is 308 g/mol. The first kappa shape index (κ1) is 15.3. The fourth-order valence-corrected chi connectivity index (χ4v) is 3.01. The van der Waals surface area contributed by atoms with Crippen LogP contribution in [-0.2, 0) is 22.6 Å². The Morgan fingerprint density at radius 2 is 1.74 bits per heavy atom. The number of carbonyl (C=O) groups excluding carboxylic acids is 2. The third kappa shape index (κ3) is 2.97. The van der Waals surface area contributed by atoms with Gasteiger partial charge in [0.2, 0.25) is 11.8 Å². The van der Waals surface area contributed by atoms with Gasteiger partial charge < -0.3 is 9.80 Å². The van der Waals surface area contributed by atoms with Crippen LogP contribution in [0.4, 0.5) is 0 Å². The minimum absolute atomic E-state index is 0.00671. The highest BCUT2D eigenvalue weighted by Gasteiger charge is 2.37. The lowest BCUT2D eigenvalue weighted by Crippen LogP contribution is -2.46. The summed E-state index contributed by atoms with van der Waals surface area (Å²) in [5.41, 5.74) is 2.90. The van der Waals surface area contributed by atoms with Crippen molar-refractivity contribution in [1.29, 1.82) is 0 Å². The molecule has 0 spiro atoms. The van der Waals surface area contributed by atoms with Gasteiger partial charge in [-0.05, 0) is 16.7 Å². The molecule has 2 aromatic carbocycles. The highest BCUT2D eigenvalue weighted by atomic mass is 16.2. The molecule has 23 heavy (non-hydrogen) atoms. The van der Waals surface area contributed by atoms with E-state index in [2.05, 4.69) is 0 Å². The Morgan fingerprint density at radius 3 is 2.43 bits per heavy atom. The van der Waals surface area contributed by atoms with Gasteiger partial charge in [-0.15, -0.1) is 0 Å². The number of hydrogen-bond donors (Lipinski definition) is 0. The van der Waals surface area contributed by atoms with Crippen molar-refractivity contribution in [1.82, 2.24) is 9.80 Å². The van der Waals surface area contributed by atoms with Crippen molar-refractivity contribution >= 4 is 11.8 Å². The Labute approximate surface area is 136 Å². The second kappa shape index (κ2) is 6.24. The van der Waals surface area contributed by atoms with Crippen LogP contribution in [0.5, 0.6) is 0 Å². The van der Waals surface area contributed by atoms with Gasteiger partial charge in [-0.1, -0.05) is 54.6 Å². The summed E-state index contributed by atoms with van der Waals surface area (Å²) in [6, 6.07) is 17.0. The number of nitrogens with zero attached hydrogens (tertiary/aromatic N) is 2. The molecule has 1 aliphatic rings. The molecule has 0 radical (unpaired) electrons. The summed E-state index contributed by atoms with van der Waals surface area (Å²) in [6.07, 6.45) is 0.347. The molecular formula is C19H20N2O2. The Kier molecular flexibility index (Phi) is 4.15. The van der Waals surface area contributed by atoms with Gasteiger partial charge in [0.15, 0.2) is 0 Å². The molecule has 0 aliphatic carbocycles. The predicted molar refractivity (Wildman–Crippen MR) is 88.6 cm³/mol. The van der Waals surface area contributed by atoms with Crippen molar-refractivity contribution in [2.75, 3.05) is 14.1 Å². The van der Waals surface area contributed by atoms with Crippen LogP contribution < -0.4 is 0 Å². The number of amides is 2. The van der Waals surface area contributed by atoms with Crippen LogP contribution in [0.25, 0.3) is 0 Å². The van der Waals surface area contributed by atoms with Gasteiger partial charge in [-0.2, -0.15) is 0 Å². The van der Waals surface area contributed by atoms with Crippen LogP contribution >= 0.6 is 0 Å².